The van der Waals surface area contributed by atoms with Gasteiger partial charge in [0.15, 0.2) is 11.5 Å². The van der Waals surface area contributed by atoms with Crippen molar-refractivity contribution in [2.24, 2.45) is 0 Å². The van der Waals surface area contributed by atoms with Crippen LogP contribution < -0.4 is 14.8 Å². The largest absolute Gasteiger partial charge is 0.490 e. The van der Waals surface area contributed by atoms with Crippen molar-refractivity contribution >= 4 is 0 Å². The summed E-state index contributed by atoms with van der Waals surface area (Å²) in [6, 6.07) is 16.1. The van der Waals surface area contributed by atoms with Gasteiger partial charge in [-0.3, -0.25) is 0 Å². The topological polar surface area (TPSA) is 30.5 Å². The molecule has 0 aliphatic rings. The van der Waals surface area contributed by atoms with E-state index in [2.05, 4.69) is 30.4 Å². The second kappa shape index (κ2) is 8.32. The Bertz CT molecular complexity index is 554. The third-order valence-corrected chi connectivity index (χ3v) is 3.18. The Labute approximate surface area is 126 Å². The first kappa shape index (κ1) is 15.4. The van der Waals surface area contributed by atoms with Crippen LogP contribution in [-0.2, 0) is 13.2 Å². The fourth-order valence-electron chi connectivity index (χ4n) is 2.12. The van der Waals surface area contributed by atoms with Gasteiger partial charge in [0.2, 0.25) is 0 Å². The molecule has 0 atom stereocenters. The van der Waals surface area contributed by atoms with Gasteiger partial charge in [-0.2, -0.15) is 0 Å². The lowest BCUT2D eigenvalue weighted by atomic mass is 10.1. The molecule has 2 rings (SSSR count). The Kier molecular flexibility index (Phi) is 6.10. The zero-order chi connectivity index (χ0) is 14.9. The minimum Gasteiger partial charge on any atom is -0.490 e. The Balaban J connectivity index is 2.06. The van der Waals surface area contributed by atoms with E-state index in [9.17, 15) is 0 Å². The Hall–Kier alpha value is -2.00. The number of hydrogen-bond acceptors (Lipinski definition) is 3. The SMILES string of the molecule is CCCOc1ccccc1OCc1ccccc1CNC. The normalized spacial score (nSPS) is 10.4. The Morgan fingerprint density at radius 3 is 2.14 bits per heavy atom. The van der Waals surface area contributed by atoms with Crippen LogP contribution in [0.4, 0.5) is 0 Å². The maximum Gasteiger partial charge on any atom is 0.161 e. The standard InChI is InChI=1S/C18H23NO2/c1-3-12-20-17-10-6-7-11-18(17)21-14-16-9-5-4-8-15(16)13-19-2/h4-11,19H,3,12-14H2,1-2H3. The van der Waals surface area contributed by atoms with Crippen LogP contribution in [0.25, 0.3) is 0 Å². The van der Waals surface area contributed by atoms with Gasteiger partial charge in [0.25, 0.3) is 0 Å². The van der Waals surface area contributed by atoms with Gasteiger partial charge in [0.1, 0.15) is 6.61 Å². The molecule has 3 heteroatoms. The third-order valence-electron chi connectivity index (χ3n) is 3.18. The molecule has 0 saturated heterocycles. The molecule has 0 unspecified atom stereocenters. The highest BCUT2D eigenvalue weighted by atomic mass is 16.5. The minimum absolute atomic E-state index is 0.546. The molecule has 0 aliphatic heterocycles. The van der Waals surface area contributed by atoms with E-state index in [0.717, 1.165) is 24.5 Å². The molecule has 112 valence electrons. The van der Waals surface area contributed by atoms with E-state index in [1.165, 1.54) is 11.1 Å². The Morgan fingerprint density at radius 1 is 0.857 bits per heavy atom. The zero-order valence-electron chi connectivity index (χ0n) is 12.8. The number of para-hydroxylation sites is 2. The van der Waals surface area contributed by atoms with Crippen molar-refractivity contribution in [1.82, 2.24) is 5.32 Å². The van der Waals surface area contributed by atoms with Crippen LogP contribution in [0, 0.1) is 0 Å². The molecule has 2 aromatic carbocycles. The van der Waals surface area contributed by atoms with Crippen molar-refractivity contribution in [2.45, 2.75) is 26.5 Å². The minimum atomic E-state index is 0.546. The van der Waals surface area contributed by atoms with Crippen LogP contribution in [0.15, 0.2) is 48.5 Å². The average molecular weight is 285 g/mol. The molecule has 3 nitrogen and oxygen atoms in total. The average Bonchev–Trinajstić information content (AvgIpc) is 2.53. The summed E-state index contributed by atoms with van der Waals surface area (Å²) in [4.78, 5) is 0. The molecule has 0 amide bonds. The van der Waals surface area contributed by atoms with Crippen molar-refractivity contribution in [3.8, 4) is 11.5 Å². The fraction of sp³-hybridized carbons (Fsp3) is 0.333. The molecular weight excluding hydrogens is 262 g/mol. The van der Waals surface area contributed by atoms with Crippen molar-refractivity contribution in [3.63, 3.8) is 0 Å². The molecule has 0 heterocycles. The highest BCUT2D eigenvalue weighted by Crippen LogP contribution is 2.27. The van der Waals surface area contributed by atoms with E-state index in [4.69, 9.17) is 9.47 Å². The molecule has 0 aromatic heterocycles. The lowest BCUT2D eigenvalue weighted by Crippen LogP contribution is -2.09. The summed E-state index contributed by atoms with van der Waals surface area (Å²) in [6.07, 6.45) is 0.985. The highest BCUT2D eigenvalue weighted by molar-refractivity contribution is 5.40. The summed E-state index contributed by atoms with van der Waals surface area (Å²) in [5.74, 6) is 1.61. The summed E-state index contributed by atoms with van der Waals surface area (Å²) >= 11 is 0. The van der Waals surface area contributed by atoms with Crippen molar-refractivity contribution in [2.75, 3.05) is 13.7 Å². The van der Waals surface area contributed by atoms with Gasteiger partial charge in [-0.1, -0.05) is 43.3 Å². The second-order valence-corrected chi connectivity index (χ2v) is 4.88. The van der Waals surface area contributed by atoms with Crippen LogP contribution in [0.2, 0.25) is 0 Å². The quantitative estimate of drug-likeness (QED) is 0.801. The van der Waals surface area contributed by atoms with E-state index in [1.54, 1.807) is 0 Å². The summed E-state index contributed by atoms with van der Waals surface area (Å²) in [6.45, 7) is 4.19. The van der Waals surface area contributed by atoms with Crippen LogP contribution in [-0.4, -0.2) is 13.7 Å². The van der Waals surface area contributed by atoms with Gasteiger partial charge >= 0.3 is 0 Å². The molecule has 21 heavy (non-hydrogen) atoms. The highest BCUT2D eigenvalue weighted by Gasteiger charge is 2.06. The van der Waals surface area contributed by atoms with Crippen LogP contribution in [0.1, 0.15) is 24.5 Å². The molecule has 0 bridgehead atoms. The molecule has 0 radical (unpaired) electrons. The maximum absolute atomic E-state index is 5.95. The summed E-state index contributed by atoms with van der Waals surface area (Å²) in [7, 11) is 1.95. The molecule has 0 spiro atoms. The summed E-state index contributed by atoms with van der Waals surface area (Å²) < 4.78 is 11.7. The molecule has 1 N–H and O–H groups in total. The van der Waals surface area contributed by atoms with Crippen LogP contribution >= 0.6 is 0 Å². The van der Waals surface area contributed by atoms with Gasteiger partial charge in [-0.15, -0.1) is 0 Å². The maximum atomic E-state index is 5.95. The van der Waals surface area contributed by atoms with E-state index in [1.807, 2.05) is 37.4 Å². The van der Waals surface area contributed by atoms with Gasteiger partial charge in [0.05, 0.1) is 6.61 Å². The molecular formula is C18H23NO2. The number of ether oxygens (including phenoxy) is 2. The predicted octanol–water partition coefficient (Wildman–Crippen LogP) is 3.77. The first-order valence-electron chi connectivity index (χ1n) is 7.41. The number of nitrogens with one attached hydrogen (secondary N) is 1. The molecule has 0 fully saturated rings. The first-order valence-corrected chi connectivity index (χ1v) is 7.41. The van der Waals surface area contributed by atoms with E-state index in [0.29, 0.717) is 13.2 Å². The molecule has 2 aromatic rings. The van der Waals surface area contributed by atoms with Gasteiger partial charge in [-0.25, -0.2) is 0 Å². The van der Waals surface area contributed by atoms with Gasteiger partial charge in [0, 0.05) is 6.54 Å². The fourth-order valence-corrected chi connectivity index (χ4v) is 2.12. The smallest absolute Gasteiger partial charge is 0.161 e. The molecule has 0 aliphatic carbocycles. The summed E-state index contributed by atoms with van der Waals surface area (Å²) in [5.41, 5.74) is 2.45. The van der Waals surface area contributed by atoms with Gasteiger partial charge in [-0.05, 0) is 36.7 Å². The van der Waals surface area contributed by atoms with Gasteiger partial charge < -0.3 is 14.8 Å². The summed E-state index contributed by atoms with van der Waals surface area (Å²) in [5, 5.41) is 3.18. The number of hydrogen-bond donors (Lipinski definition) is 1. The first-order chi connectivity index (χ1) is 10.3. The lowest BCUT2D eigenvalue weighted by molar-refractivity contribution is 0.261. The van der Waals surface area contributed by atoms with Crippen LogP contribution in [0.3, 0.4) is 0 Å². The van der Waals surface area contributed by atoms with E-state index < -0.39 is 0 Å². The van der Waals surface area contributed by atoms with E-state index >= 15 is 0 Å². The van der Waals surface area contributed by atoms with Crippen LogP contribution in [0.5, 0.6) is 11.5 Å². The second-order valence-electron chi connectivity index (χ2n) is 4.88. The van der Waals surface area contributed by atoms with E-state index in [-0.39, 0.29) is 0 Å². The third kappa shape index (κ3) is 4.50. The predicted molar refractivity (Wildman–Crippen MR) is 85.8 cm³/mol. The number of rotatable bonds is 8. The van der Waals surface area contributed by atoms with Crippen molar-refractivity contribution in [3.05, 3.63) is 59.7 Å². The Morgan fingerprint density at radius 2 is 1.48 bits per heavy atom. The van der Waals surface area contributed by atoms with Crippen molar-refractivity contribution < 1.29 is 9.47 Å². The van der Waals surface area contributed by atoms with Crippen molar-refractivity contribution in [1.29, 1.82) is 0 Å². The monoisotopic (exact) mass is 285 g/mol. The zero-order valence-corrected chi connectivity index (χ0v) is 12.8. The number of benzene rings is 2. The molecule has 0 saturated carbocycles. The lowest BCUT2D eigenvalue weighted by Gasteiger charge is -2.14.